The van der Waals surface area contributed by atoms with E-state index in [2.05, 4.69) is 4.72 Å². The Morgan fingerprint density at radius 2 is 1.88 bits per heavy atom. The lowest BCUT2D eigenvalue weighted by atomic mass is 10.0. The second-order valence-electron chi connectivity index (χ2n) is 5.75. The van der Waals surface area contributed by atoms with Gasteiger partial charge in [-0.25, -0.2) is 16.8 Å². The third-order valence-corrected chi connectivity index (χ3v) is 7.85. The monoisotopic (exact) mass is 386 g/mol. The predicted molar refractivity (Wildman–Crippen MR) is 96.8 cm³/mol. The van der Waals surface area contributed by atoms with Gasteiger partial charge in [-0.1, -0.05) is 6.07 Å². The van der Waals surface area contributed by atoms with Gasteiger partial charge in [-0.3, -0.25) is 9.03 Å². The van der Waals surface area contributed by atoms with Crippen LogP contribution in [0.4, 0.5) is 11.4 Å². The largest absolute Gasteiger partial charge is 0.279 e. The average Bonchev–Trinajstić information content (AvgIpc) is 2.92. The van der Waals surface area contributed by atoms with Crippen molar-refractivity contribution in [3.8, 4) is 0 Å². The minimum absolute atomic E-state index is 0.234. The van der Waals surface area contributed by atoms with Crippen molar-refractivity contribution in [1.82, 2.24) is 0 Å². The number of nitrogens with zero attached hydrogens (tertiary/aromatic N) is 1. The highest BCUT2D eigenvalue weighted by molar-refractivity contribution is 7.94. The van der Waals surface area contributed by atoms with Crippen molar-refractivity contribution < 1.29 is 16.8 Å². The van der Waals surface area contributed by atoms with Crippen molar-refractivity contribution >= 4 is 42.8 Å². The Morgan fingerprint density at radius 1 is 1.12 bits per heavy atom. The van der Waals surface area contributed by atoms with Crippen molar-refractivity contribution in [2.24, 2.45) is 0 Å². The summed E-state index contributed by atoms with van der Waals surface area (Å²) < 4.78 is 52.9. The summed E-state index contributed by atoms with van der Waals surface area (Å²) in [5.41, 5.74) is 1.81. The number of anilines is 2. The molecule has 130 valence electrons. The van der Waals surface area contributed by atoms with Crippen LogP contribution < -0.4 is 9.03 Å². The number of fused-ring (bicyclic) bond motifs is 1. The van der Waals surface area contributed by atoms with Crippen LogP contribution >= 0.6 is 11.3 Å². The van der Waals surface area contributed by atoms with Crippen LogP contribution in [0, 0.1) is 6.92 Å². The van der Waals surface area contributed by atoms with Gasteiger partial charge in [-0.2, -0.15) is 0 Å². The van der Waals surface area contributed by atoms with Crippen LogP contribution in [0.3, 0.4) is 0 Å². The molecule has 1 N–H and O–H groups in total. The number of benzene rings is 1. The molecule has 3 rings (SSSR count). The standard InChI is InChI=1S/C15H18N2O4S3/c1-11-5-8-15(22-11)24(20,21)16-13-7-6-12-4-3-9-17(14(12)10-13)23(2,18)19/h5-8,10,16H,3-4,9H2,1-2H3. The first-order valence-corrected chi connectivity index (χ1v) is 11.5. The molecule has 0 spiro atoms. The van der Waals surface area contributed by atoms with Crippen LogP contribution in [-0.4, -0.2) is 29.6 Å². The summed E-state index contributed by atoms with van der Waals surface area (Å²) in [6.07, 6.45) is 2.69. The van der Waals surface area contributed by atoms with Crippen molar-refractivity contribution in [3.05, 3.63) is 40.8 Å². The van der Waals surface area contributed by atoms with E-state index in [9.17, 15) is 16.8 Å². The number of thiophene rings is 1. The van der Waals surface area contributed by atoms with Gasteiger partial charge in [0.05, 0.1) is 17.6 Å². The van der Waals surface area contributed by atoms with Gasteiger partial charge in [0.15, 0.2) is 0 Å². The summed E-state index contributed by atoms with van der Waals surface area (Å²) in [5, 5.41) is 0. The van der Waals surface area contributed by atoms with E-state index in [-0.39, 0.29) is 4.21 Å². The van der Waals surface area contributed by atoms with Gasteiger partial charge in [0.25, 0.3) is 10.0 Å². The molecule has 0 radical (unpaired) electrons. The molecule has 0 saturated carbocycles. The highest BCUT2D eigenvalue weighted by Gasteiger charge is 2.25. The molecule has 0 amide bonds. The van der Waals surface area contributed by atoms with Crippen LogP contribution in [-0.2, 0) is 26.5 Å². The van der Waals surface area contributed by atoms with E-state index >= 15 is 0 Å². The molecule has 0 fully saturated rings. The maximum atomic E-state index is 12.4. The Balaban J connectivity index is 1.97. The van der Waals surface area contributed by atoms with E-state index in [1.165, 1.54) is 15.6 Å². The van der Waals surface area contributed by atoms with Gasteiger partial charge in [0.1, 0.15) is 4.21 Å². The molecule has 1 aromatic heterocycles. The number of hydrogen-bond acceptors (Lipinski definition) is 5. The molecular formula is C15H18N2O4S3. The lowest BCUT2D eigenvalue weighted by Crippen LogP contribution is -2.34. The number of sulfonamides is 2. The zero-order chi connectivity index (χ0) is 17.5. The summed E-state index contributed by atoms with van der Waals surface area (Å²) >= 11 is 1.19. The molecule has 9 heteroatoms. The highest BCUT2D eigenvalue weighted by Crippen LogP contribution is 2.33. The van der Waals surface area contributed by atoms with E-state index in [4.69, 9.17) is 0 Å². The summed E-state index contributed by atoms with van der Waals surface area (Å²) in [4.78, 5) is 0.907. The number of rotatable bonds is 4. The Bertz CT molecular complexity index is 978. The third-order valence-electron chi connectivity index (χ3n) is 3.79. The van der Waals surface area contributed by atoms with Gasteiger partial charge >= 0.3 is 0 Å². The smallest absolute Gasteiger partial charge is 0.271 e. The summed E-state index contributed by atoms with van der Waals surface area (Å²) in [6, 6.07) is 8.35. The van der Waals surface area contributed by atoms with Gasteiger partial charge in [-0.15, -0.1) is 11.3 Å². The zero-order valence-electron chi connectivity index (χ0n) is 13.3. The molecule has 0 atom stereocenters. The van der Waals surface area contributed by atoms with E-state index < -0.39 is 20.0 Å². The van der Waals surface area contributed by atoms with Crippen LogP contribution in [0.2, 0.25) is 0 Å². The van der Waals surface area contributed by atoms with Crippen LogP contribution in [0.25, 0.3) is 0 Å². The quantitative estimate of drug-likeness (QED) is 0.875. The van der Waals surface area contributed by atoms with Crippen LogP contribution in [0.5, 0.6) is 0 Å². The minimum Gasteiger partial charge on any atom is -0.279 e. The van der Waals surface area contributed by atoms with Gasteiger partial charge in [0, 0.05) is 11.4 Å². The Morgan fingerprint density at radius 3 is 2.50 bits per heavy atom. The molecule has 6 nitrogen and oxygen atoms in total. The Labute approximate surface area is 146 Å². The first-order valence-electron chi connectivity index (χ1n) is 7.37. The molecule has 24 heavy (non-hydrogen) atoms. The van der Waals surface area contributed by atoms with E-state index in [0.717, 1.165) is 29.5 Å². The van der Waals surface area contributed by atoms with Crippen molar-refractivity contribution in [2.45, 2.75) is 24.0 Å². The Hall–Kier alpha value is -1.58. The number of hydrogen-bond donors (Lipinski definition) is 1. The average molecular weight is 387 g/mol. The lowest BCUT2D eigenvalue weighted by molar-refractivity contribution is 0.592. The van der Waals surface area contributed by atoms with Gasteiger partial charge in [0.2, 0.25) is 10.0 Å². The van der Waals surface area contributed by atoms with Crippen molar-refractivity contribution in [2.75, 3.05) is 21.8 Å². The molecule has 1 aliphatic rings. The highest BCUT2D eigenvalue weighted by atomic mass is 32.2. The maximum absolute atomic E-state index is 12.4. The second-order valence-corrected chi connectivity index (χ2v) is 10.9. The fourth-order valence-corrected chi connectivity index (χ4v) is 6.03. The number of aryl methyl sites for hydroxylation is 2. The molecule has 1 aromatic carbocycles. The van der Waals surface area contributed by atoms with Crippen LogP contribution in [0.1, 0.15) is 16.9 Å². The molecular weight excluding hydrogens is 368 g/mol. The molecule has 2 aromatic rings. The fraction of sp³-hybridized carbons (Fsp3) is 0.333. The van der Waals surface area contributed by atoms with Gasteiger partial charge < -0.3 is 0 Å². The summed E-state index contributed by atoms with van der Waals surface area (Å²) in [5.74, 6) is 0. The lowest BCUT2D eigenvalue weighted by Gasteiger charge is -2.29. The molecule has 2 heterocycles. The molecule has 0 unspecified atom stereocenters. The number of nitrogens with one attached hydrogen (secondary N) is 1. The normalized spacial score (nSPS) is 15.2. The fourth-order valence-electron chi connectivity index (χ4n) is 2.71. The zero-order valence-corrected chi connectivity index (χ0v) is 15.8. The molecule has 1 aliphatic heterocycles. The summed E-state index contributed by atoms with van der Waals surface area (Å²) in [7, 11) is -7.06. The van der Waals surface area contributed by atoms with Gasteiger partial charge in [-0.05, 0) is 49.6 Å². The predicted octanol–water partition coefficient (Wildman–Crippen LogP) is 2.57. The van der Waals surface area contributed by atoms with E-state index in [1.807, 2.05) is 6.92 Å². The minimum atomic E-state index is -3.67. The van der Waals surface area contributed by atoms with Crippen LogP contribution in [0.15, 0.2) is 34.5 Å². The maximum Gasteiger partial charge on any atom is 0.271 e. The van der Waals surface area contributed by atoms with Crippen molar-refractivity contribution in [1.29, 1.82) is 0 Å². The SMILES string of the molecule is Cc1ccc(S(=O)(=O)Nc2ccc3c(c2)N(S(C)(=O)=O)CCC3)s1. The molecule has 0 bridgehead atoms. The van der Waals surface area contributed by atoms with E-state index in [1.54, 1.807) is 30.3 Å². The molecule has 0 aliphatic carbocycles. The Kier molecular flexibility index (Phi) is 4.35. The third kappa shape index (κ3) is 3.42. The van der Waals surface area contributed by atoms with E-state index in [0.29, 0.717) is 17.9 Å². The first kappa shape index (κ1) is 17.2. The molecule has 0 saturated heterocycles. The second kappa shape index (κ2) is 6.05. The first-order chi connectivity index (χ1) is 11.2. The topological polar surface area (TPSA) is 83.6 Å². The van der Waals surface area contributed by atoms with Crippen molar-refractivity contribution in [3.63, 3.8) is 0 Å². The summed E-state index contributed by atoms with van der Waals surface area (Å²) in [6.45, 7) is 2.25.